The third-order valence-electron chi connectivity index (χ3n) is 3.42. The van der Waals surface area contributed by atoms with Crippen molar-refractivity contribution < 1.29 is 8.42 Å². The summed E-state index contributed by atoms with van der Waals surface area (Å²) in [6.45, 7) is 2.09. The van der Waals surface area contributed by atoms with E-state index >= 15 is 0 Å². The number of nitrogens with one attached hydrogen (secondary N) is 2. The van der Waals surface area contributed by atoms with Crippen LogP contribution in [0.15, 0.2) is 12.1 Å². The Morgan fingerprint density at radius 1 is 1.43 bits per heavy atom. The van der Waals surface area contributed by atoms with Gasteiger partial charge in [-0.15, -0.1) is 0 Å². The van der Waals surface area contributed by atoms with Crippen molar-refractivity contribution in [2.45, 2.75) is 31.1 Å². The fourth-order valence-corrected chi connectivity index (χ4v) is 3.70. The van der Waals surface area contributed by atoms with E-state index in [1.165, 1.54) is 0 Å². The third-order valence-corrected chi connectivity index (χ3v) is 5.99. The molecule has 1 fully saturated rings. The number of nitrogens with zero attached hydrogens (tertiary/aromatic N) is 2. The lowest BCUT2D eigenvalue weighted by molar-refractivity contribution is 0.576. The molecule has 3 rings (SSSR count). The zero-order valence-corrected chi connectivity index (χ0v) is 13.7. The largest absolute Gasteiger partial charge is 0.313 e. The summed E-state index contributed by atoms with van der Waals surface area (Å²) in [5.74, 6) is 0. The van der Waals surface area contributed by atoms with Gasteiger partial charge in [-0.25, -0.2) is 8.42 Å². The van der Waals surface area contributed by atoms with Crippen molar-refractivity contribution >= 4 is 50.1 Å². The van der Waals surface area contributed by atoms with E-state index in [2.05, 4.69) is 18.8 Å². The molecule has 1 aliphatic carbocycles. The van der Waals surface area contributed by atoms with Gasteiger partial charge in [0.05, 0.1) is 27.7 Å². The Morgan fingerprint density at radius 2 is 2.19 bits per heavy atom. The molecule has 2 N–H and O–H groups in total. The van der Waals surface area contributed by atoms with Crippen molar-refractivity contribution in [2.24, 2.45) is 0 Å². The van der Waals surface area contributed by atoms with Gasteiger partial charge >= 0.3 is 0 Å². The highest BCUT2D eigenvalue weighted by Crippen LogP contribution is 2.31. The molecule has 6 nitrogen and oxygen atoms in total. The van der Waals surface area contributed by atoms with Crippen LogP contribution in [0, 0.1) is 0 Å². The van der Waals surface area contributed by atoms with E-state index in [4.69, 9.17) is 11.6 Å². The van der Waals surface area contributed by atoms with Gasteiger partial charge in [0.1, 0.15) is 11.0 Å². The highest BCUT2D eigenvalue weighted by atomic mass is 35.5. The normalized spacial score (nSPS) is 17.0. The molecule has 1 unspecified atom stereocenters. The van der Waals surface area contributed by atoms with E-state index < -0.39 is 15.3 Å². The molecule has 0 amide bonds. The molecular weight excluding hydrogens is 332 g/mol. The Morgan fingerprint density at radius 3 is 2.90 bits per heavy atom. The van der Waals surface area contributed by atoms with E-state index in [0.717, 1.165) is 24.6 Å². The zero-order chi connectivity index (χ0) is 15.0. The molecule has 1 aliphatic rings. The Labute approximate surface area is 132 Å². The van der Waals surface area contributed by atoms with E-state index in [1.807, 2.05) is 0 Å². The molecule has 114 valence electrons. The van der Waals surface area contributed by atoms with Crippen LogP contribution in [0.3, 0.4) is 0 Å². The van der Waals surface area contributed by atoms with Crippen molar-refractivity contribution in [2.75, 3.05) is 11.3 Å². The number of anilines is 1. The lowest BCUT2D eigenvalue weighted by Gasteiger charge is -2.16. The standard InChI is InChI=1S/C12H15ClN4O2S2/c1-7(6-14-8-2-3-8)21(18,19)17-11-9(13)4-5-10-12(11)16-20-15-10/h4-5,7-8,14,17H,2-3,6H2,1H3. The molecule has 1 aromatic carbocycles. The molecule has 0 radical (unpaired) electrons. The van der Waals surface area contributed by atoms with E-state index in [9.17, 15) is 8.42 Å². The molecule has 21 heavy (non-hydrogen) atoms. The Kier molecular flexibility index (Phi) is 4.04. The zero-order valence-electron chi connectivity index (χ0n) is 11.3. The fourth-order valence-electron chi connectivity index (χ4n) is 1.90. The van der Waals surface area contributed by atoms with Crippen LogP contribution in [-0.2, 0) is 10.0 Å². The highest BCUT2D eigenvalue weighted by molar-refractivity contribution is 7.93. The van der Waals surface area contributed by atoms with Gasteiger partial charge in [0.25, 0.3) is 0 Å². The van der Waals surface area contributed by atoms with Crippen molar-refractivity contribution in [1.29, 1.82) is 0 Å². The summed E-state index contributed by atoms with van der Waals surface area (Å²) in [4.78, 5) is 0. The van der Waals surface area contributed by atoms with Gasteiger partial charge in [0, 0.05) is 12.6 Å². The van der Waals surface area contributed by atoms with E-state index in [1.54, 1.807) is 19.1 Å². The molecule has 9 heteroatoms. The second-order valence-electron chi connectivity index (χ2n) is 5.19. The summed E-state index contributed by atoms with van der Waals surface area (Å²) in [7, 11) is -3.53. The van der Waals surface area contributed by atoms with Gasteiger partial charge in [-0.1, -0.05) is 11.6 Å². The summed E-state index contributed by atoms with van der Waals surface area (Å²) < 4.78 is 35.6. The van der Waals surface area contributed by atoms with E-state index in [0.29, 0.717) is 34.3 Å². The SMILES string of the molecule is CC(CNC1CC1)S(=O)(=O)Nc1c(Cl)ccc2nsnc12. The Hall–Kier alpha value is -0.960. The molecule has 1 saturated carbocycles. The summed E-state index contributed by atoms with van der Waals surface area (Å²) >= 11 is 7.13. The molecular formula is C12H15ClN4O2S2. The summed E-state index contributed by atoms with van der Waals surface area (Å²) in [5.41, 5.74) is 1.42. The Bertz CT molecular complexity index is 758. The van der Waals surface area contributed by atoms with Crippen LogP contribution in [0.25, 0.3) is 11.0 Å². The van der Waals surface area contributed by atoms with Crippen LogP contribution >= 0.6 is 23.3 Å². The van der Waals surface area contributed by atoms with Gasteiger partial charge in [-0.3, -0.25) is 4.72 Å². The number of halogens is 1. The molecule has 1 heterocycles. The van der Waals surface area contributed by atoms with Gasteiger partial charge in [0.15, 0.2) is 0 Å². The van der Waals surface area contributed by atoms with Gasteiger partial charge in [-0.2, -0.15) is 8.75 Å². The van der Waals surface area contributed by atoms with Crippen LogP contribution < -0.4 is 10.0 Å². The molecule has 0 saturated heterocycles. The lowest BCUT2D eigenvalue weighted by Crippen LogP contribution is -2.35. The first-order valence-corrected chi connectivity index (χ1v) is 9.28. The van der Waals surface area contributed by atoms with Crippen molar-refractivity contribution in [3.05, 3.63) is 17.2 Å². The fraction of sp³-hybridized carbons (Fsp3) is 0.500. The molecule has 1 aromatic heterocycles. The maximum Gasteiger partial charge on any atom is 0.236 e. The maximum absolute atomic E-state index is 12.4. The monoisotopic (exact) mass is 346 g/mol. The average molecular weight is 347 g/mol. The molecule has 1 atom stereocenters. The van der Waals surface area contributed by atoms with Crippen molar-refractivity contribution in [1.82, 2.24) is 14.1 Å². The second-order valence-corrected chi connectivity index (χ2v) is 8.23. The highest BCUT2D eigenvalue weighted by Gasteiger charge is 2.27. The number of aromatic nitrogens is 2. The van der Waals surface area contributed by atoms with E-state index in [-0.39, 0.29) is 0 Å². The van der Waals surface area contributed by atoms with Crippen LogP contribution in [0.1, 0.15) is 19.8 Å². The van der Waals surface area contributed by atoms with Crippen LogP contribution in [0.4, 0.5) is 5.69 Å². The first kappa shape index (κ1) is 15.0. The van der Waals surface area contributed by atoms with Crippen LogP contribution in [0.2, 0.25) is 5.02 Å². The maximum atomic E-state index is 12.4. The van der Waals surface area contributed by atoms with Gasteiger partial charge in [0.2, 0.25) is 10.0 Å². The summed E-state index contributed by atoms with van der Waals surface area (Å²) in [6, 6.07) is 3.81. The first-order valence-electron chi connectivity index (χ1n) is 6.63. The number of benzene rings is 1. The number of rotatable bonds is 6. The first-order chi connectivity index (χ1) is 9.97. The van der Waals surface area contributed by atoms with Crippen molar-refractivity contribution in [3.63, 3.8) is 0 Å². The second kappa shape index (κ2) is 5.68. The minimum atomic E-state index is -3.53. The van der Waals surface area contributed by atoms with Gasteiger partial charge < -0.3 is 5.32 Å². The number of hydrogen-bond donors (Lipinski definition) is 2. The molecule has 2 aromatic rings. The topological polar surface area (TPSA) is 84.0 Å². The predicted molar refractivity (Wildman–Crippen MR) is 85.5 cm³/mol. The average Bonchev–Trinajstić information content (AvgIpc) is 3.15. The Balaban J connectivity index is 1.82. The quantitative estimate of drug-likeness (QED) is 0.837. The minimum Gasteiger partial charge on any atom is -0.313 e. The molecule has 0 aliphatic heterocycles. The third kappa shape index (κ3) is 3.28. The molecule has 0 spiro atoms. The molecule has 0 bridgehead atoms. The van der Waals surface area contributed by atoms with Crippen LogP contribution in [0.5, 0.6) is 0 Å². The smallest absolute Gasteiger partial charge is 0.236 e. The minimum absolute atomic E-state index is 0.307. The lowest BCUT2D eigenvalue weighted by atomic mass is 10.3. The summed E-state index contributed by atoms with van der Waals surface area (Å²) in [5, 5.41) is 2.98. The van der Waals surface area contributed by atoms with Crippen LogP contribution in [-0.4, -0.2) is 35.0 Å². The predicted octanol–water partition coefficient (Wildman–Crippen LogP) is 2.23. The number of sulfonamides is 1. The van der Waals surface area contributed by atoms with Gasteiger partial charge in [-0.05, 0) is 31.9 Å². The van der Waals surface area contributed by atoms with Crippen molar-refractivity contribution in [3.8, 4) is 0 Å². The summed E-state index contributed by atoms with van der Waals surface area (Å²) in [6.07, 6.45) is 2.24. The number of hydrogen-bond acceptors (Lipinski definition) is 6. The number of fused-ring (bicyclic) bond motifs is 1.